The van der Waals surface area contributed by atoms with E-state index < -0.39 is 0 Å². The van der Waals surface area contributed by atoms with E-state index in [0.717, 1.165) is 25.2 Å². The standard InChI is InChI=1S/C15H28O/c1-3-7-13(2)12-15(16)11-10-14-8-5-4-6-9-14/h13-14H,3-12H2,1-2H3. The van der Waals surface area contributed by atoms with Crippen LogP contribution in [0.2, 0.25) is 0 Å². The lowest BCUT2D eigenvalue weighted by molar-refractivity contribution is -0.120. The summed E-state index contributed by atoms with van der Waals surface area (Å²) in [7, 11) is 0. The van der Waals surface area contributed by atoms with Crippen LogP contribution in [0.1, 0.15) is 78.1 Å². The number of carbonyl (C=O) groups is 1. The first-order valence-corrected chi connectivity index (χ1v) is 7.24. The summed E-state index contributed by atoms with van der Waals surface area (Å²) in [5.74, 6) is 1.97. The van der Waals surface area contributed by atoms with E-state index >= 15 is 0 Å². The highest BCUT2D eigenvalue weighted by Gasteiger charge is 2.15. The third-order valence-corrected chi connectivity index (χ3v) is 3.91. The van der Waals surface area contributed by atoms with Crippen LogP contribution in [-0.2, 0) is 4.79 Å². The van der Waals surface area contributed by atoms with Gasteiger partial charge in [-0.15, -0.1) is 0 Å². The van der Waals surface area contributed by atoms with Crippen LogP contribution in [0.5, 0.6) is 0 Å². The number of Topliss-reactive ketones (excluding diaryl/α,β-unsaturated/α-hetero) is 1. The molecule has 1 atom stereocenters. The molecule has 1 fully saturated rings. The number of rotatable bonds is 7. The predicted molar refractivity (Wildman–Crippen MR) is 69.5 cm³/mol. The molecule has 94 valence electrons. The summed E-state index contributed by atoms with van der Waals surface area (Å²) in [5.41, 5.74) is 0. The molecule has 1 heteroatoms. The highest BCUT2D eigenvalue weighted by Crippen LogP contribution is 2.27. The normalized spacial score (nSPS) is 19.6. The van der Waals surface area contributed by atoms with Crippen molar-refractivity contribution in [2.45, 2.75) is 78.1 Å². The molecular formula is C15H28O. The van der Waals surface area contributed by atoms with Gasteiger partial charge < -0.3 is 0 Å². The van der Waals surface area contributed by atoms with Gasteiger partial charge in [0.15, 0.2) is 0 Å². The molecule has 1 unspecified atom stereocenters. The maximum atomic E-state index is 11.8. The van der Waals surface area contributed by atoms with Gasteiger partial charge in [-0.3, -0.25) is 4.79 Å². The highest BCUT2D eigenvalue weighted by molar-refractivity contribution is 5.78. The first-order chi connectivity index (χ1) is 7.72. The second-order valence-electron chi connectivity index (χ2n) is 5.68. The van der Waals surface area contributed by atoms with E-state index in [0.29, 0.717) is 11.7 Å². The van der Waals surface area contributed by atoms with Crippen LogP contribution >= 0.6 is 0 Å². The SMILES string of the molecule is CCCC(C)CC(=O)CCC1CCCCC1. The van der Waals surface area contributed by atoms with Crippen LogP contribution in [0.15, 0.2) is 0 Å². The summed E-state index contributed by atoms with van der Waals surface area (Å²) in [6.45, 7) is 4.41. The lowest BCUT2D eigenvalue weighted by Crippen LogP contribution is -2.11. The number of ketones is 1. The molecular weight excluding hydrogens is 196 g/mol. The Hall–Kier alpha value is -0.330. The van der Waals surface area contributed by atoms with Gasteiger partial charge in [0.1, 0.15) is 5.78 Å². The fourth-order valence-electron chi connectivity index (χ4n) is 2.93. The van der Waals surface area contributed by atoms with Crippen molar-refractivity contribution >= 4 is 5.78 Å². The Bertz CT molecular complexity index is 192. The van der Waals surface area contributed by atoms with Gasteiger partial charge >= 0.3 is 0 Å². The molecule has 0 amide bonds. The maximum Gasteiger partial charge on any atom is 0.133 e. The maximum absolute atomic E-state index is 11.8. The van der Waals surface area contributed by atoms with Gasteiger partial charge in [-0.2, -0.15) is 0 Å². The van der Waals surface area contributed by atoms with Crippen molar-refractivity contribution in [3.8, 4) is 0 Å². The third-order valence-electron chi connectivity index (χ3n) is 3.91. The average molecular weight is 224 g/mol. The van der Waals surface area contributed by atoms with Crippen molar-refractivity contribution in [2.24, 2.45) is 11.8 Å². The minimum atomic E-state index is 0.506. The van der Waals surface area contributed by atoms with Gasteiger partial charge in [-0.1, -0.05) is 58.8 Å². The number of hydrogen-bond acceptors (Lipinski definition) is 1. The average Bonchev–Trinajstić information content (AvgIpc) is 2.28. The molecule has 16 heavy (non-hydrogen) atoms. The summed E-state index contributed by atoms with van der Waals surface area (Å²) in [6, 6.07) is 0. The fraction of sp³-hybridized carbons (Fsp3) is 0.933. The minimum absolute atomic E-state index is 0.506. The van der Waals surface area contributed by atoms with Gasteiger partial charge in [0.05, 0.1) is 0 Å². The van der Waals surface area contributed by atoms with Crippen molar-refractivity contribution in [3.05, 3.63) is 0 Å². The Labute approximate surface area is 101 Å². The van der Waals surface area contributed by atoms with Crippen LogP contribution in [0.4, 0.5) is 0 Å². The number of carbonyl (C=O) groups excluding carboxylic acids is 1. The number of hydrogen-bond donors (Lipinski definition) is 0. The van der Waals surface area contributed by atoms with Crippen LogP contribution in [-0.4, -0.2) is 5.78 Å². The van der Waals surface area contributed by atoms with Crippen LogP contribution in [0, 0.1) is 11.8 Å². The molecule has 0 saturated heterocycles. The molecule has 0 aromatic heterocycles. The molecule has 0 bridgehead atoms. The molecule has 0 N–H and O–H groups in total. The monoisotopic (exact) mass is 224 g/mol. The first kappa shape index (κ1) is 13.7. The molecule has 1 rings (SSSR count). The zero-order valence-electron chi connectivity index (χ0n) is 11.1. The summed E-state index contributed by atoms with van der Waals surface area (Å²) in [4.78, 5) is 11.8. The Morgan fingerprint density at radius 2 is 1.94 bits per heavy atom. The molecule has 0 heterocycles. The lowest BCUT2D eigenvalue weighted by Gasteiger charge is -2.21. The van der Waals surface area contributed by atoms with E-state index in [4.69, 9.17) is 0 Å². The molecule has 0 aromatic carbocycles. The van der Waals surface area contributed by atoms with Gasteiger partial charge in [-0.05, 0) is 18.3 Å². The zero-order valence-corrected chi connectivity index (χ0v) is 11.1. The van der Waals surface area contributed by atoms with Crippen LogP contribution in [0.25, 0.3) is 0 Å². The van der Waals surface area contributed by atoms with Crippen LogP contribution < -0.4 is 0 Å². The molecule has 0 radical (unpaired) electrons. The van der Waals surface area contributed by atoms with E-state index in [1.54, 1.807) is 0 Å². The van der Waals surface area contributed by atoms with Gasteiger partial charge in [0.2, 0.25) is 0 Å². The van der Waals surface area contributed by atoms with Crippen molar-refractivity contribution in [3.63, 3.8) is 0 Å². The molecule has 0 aromatic rings. The second kappa shape index (κ2) is 7.86. The van der Waals surface area contributed by atoms with E-state index in [-0.39, 0.29) is 0 Å². The lowest BCUT2D eigenvalue weighted by atomic mass is 9.85. The van der Waals surface area contributed by atoms with Crippen molar-refractivity contribution in [1.82, 2.24) is 0 Å². The Kier molecular flexibility index (Phi) is 6.75. The summed E-state index contributed by atoms with van der Waals surface area (Å²) in [5, 5.41) is 0. The first-order valence-electron chi connectivity index (χ1n) is 7.24. The Morgan fingerprint density at radius 1 is 1.25 bits per heavy atom. The van der Waals surface area contributed by atoms with Gasteiger partial charge in [0, 0.05) is 12.8 Å². The zero-order chi connectivity index (χ0) is 11.8. The third kappa shape index (κ3) is 5.67. The summed E-state index contributed by atoms with van der Waals surface area (Å²) < 4.78 is 0. The summed E-state index contributed by atoms with van der Waals surface area (Å²) >= 11 is 0. The van der Waals surface area contributed by atoms with Crippen molar-refractivity contribution < 1.29 is 4.79 Å². The molecule has 0 spiro atoms. The van der Waals surface area contributed by atoms with E-state index in [1.807, 2.05) is 0 Å². The van der Waals surface area contributed by atoms with Crippen molar-refractivity contribution in [2.75, 3.05) is 0 Å². The molecule has 1 nitrogen and oxygen atoms in total. The topological polar surface area (TPSA) is 17.1 Å². The second-order valence-corrected chi connectivity index (χ2v) is 5.68. The van der Waals surface area contributed by atoms with Gasteiger partial charge in [-0.25, -0.2) is 0 Å². The van der Waals surface area contributed by atoms with E-state index in [9.17, 15) is 4.79 Å². The fourth-order valence-corrected chi connectivity index (χ4v) is 2.93. The Morgan fingerprint density at radius 3 is 2.56 bits per heavy atom. The predicted octanol–water partition coefficient (Wildman–Crippen LogP) is 4.74. The minimum Gasteiger partial charge on any atom is -0.300 e. The molecule has 1 aliphatic carbocycles. The van der Waals surface area contributed by atoms with E-state index in [2.05, 4.69) is 13.8 Å². The largest absolute Gasteiger partial charge is 0.300 e. The van der Waals surface area contributed by atoms with Gasteiger partial charge in [0.25, 0.3) is 0 Å². The summed E-state index contributed by atoms with van der Waals surface area (Å²) in [6.07, 6.45) is 12.2. The Balaban J connectivity index is 2.09. The molecule has 0 aliphatic heterocycles. The van der Waals surface area contributed by atoms with Crippen LogP contribution in [0.3, 0.4) is 0 Å². The quantitative estimate of drug-likeness (QED) is 0.610. The van der Waals surface area contributed by atoms with E-state index in [1.165, 1.54) is 44.9 Å². The highest BCUT2D eigenvalue weighted by atomic mass is 16.1. The molecule has 1 saturated carbocycles. The smallest absolute Gasteiger partial charge is 0.133 e. The molecule has 1 aliphatic rings. The van der Waals surface area contributed by atoms with Crippen molar-refractivity contribution in [1.29, 1.82) is 0 Å².